The topological polar surface area (TPSA) is 55.1 Å². The Morgan fingerprint density at radius 1 is 1.50 bits per heavy atom. The third-order valence-corrected chi connectivity index (χ3v) is 3.87. The van der Waals surface area contributed by atoms with Crippen LogP contribution in [-0.4, -0.2) is 24.7 Å². The molecule has 0 bridgehead atoms. The van der Waals surface area contributed by atoms with Gasteiger partial charge in [0.1, 0.15) is 0 Å². The lowest BCUT2D eigenvalue weighted by Crippen LogP contribution is -2.38. The van der Waals surface area contributed by atoms with Crippen molar-refractivity contribution in [1.29, 1.82) is 0 Å². The number of carbonyl (C=O) groups excluding carboxylic acids is 1. The number of benzene rings is 1. The molecule has 100 valence electrons. The number of nitrogens with one attached hydrogen (secondary N) is 1. The van der Waals surface area contributed by atoms with Gasteiger partial charge in [-0.2, -0.15) is 0 Å². The van der Waals surface area contributed by atoms with Crippen LogP contribution in [0.2, 0.25) is 0 Å². The molecular formula is C13H19ClN2OS. The maximum atomic E-state index is 12.0. The average Bonchev–Trinajstić information content (AvgIpc) is 3.19. The normalized spacial score (nSPS) is 15.7. The molecule has 0 radical (unpaired) electrons. The average molecular weight is 287 g/mol. The first-order chi connectivity index (χ1) is 8.22. The second kappa shape index (κ2) is 7.02. The van der Waals surface area contributed by atoms with Gasteiger partial charge in [0.15, 0.2) is 0 Å². The fourth-order valence-electron chi connectivity index (χ4n) is 1.83. The van der Waals surface area contributed by atoms with Crippen LogP contribution in [0.1, 0.15) is 23.2 Å². The van der Waals surface area contributed by atoms with E-state index < -0.39 is 0 Å². The SMILES string of the molecule is CSc1ccccc1C(=O)NCC(N)C1CC1.Cl. The molecule has 1 saturated carbocycles. The van der Waals surface area contributed by atoms with E-state index in [4.69, 9.17) is 5.73 Å². The number of nitrogens with two attached hydrogens (primary N) is 1. The summed E-state index contributed by atoms with van der Waals surface area (Å²) in [6.07, 6.45) is 4.39. The van der Waals surface area contributed by atoms with Crippen LogP contribution < -0.4 is 11.1 Å². The first-order valence-corrected chi connectivity index (χ1v) is 7.11. The molecule has 1 aliphatic rings. The molecule has 1 amide bonds. The molecule has 1 aromatic rings. The molecule has 1 aliphatic carbocycles. The van der Waals surface area contributed by atoms with Crippen LogP contribution in [0.15, 0.2) is 29.2 Å². The Morgan fingerprint density at radius 2 is 2.17 bits per heavy atom. The van der Waals surface area contributed by atoms with Crippen molar-refractivity contribution in [2.24, 2.45) is 11.7 Å². The van der Waals surface area contributed by atoms with Gasteiger partial charge in [-0.25, -0.2) is 0 Å². The van der Waals surface area contributed by atoms with Gasteiger partial charge in [-0.15, -0.1) is 24.2 Å². The highest BCUT2D eigenvalue weighted by atomic mass is 35.5. The molecular weight excluding hydrogens is 268 g/mol. The molecule has 18 heavy (non-hydrogen) atoms. The Morgan fingerprint density at radius 3 is 2.78 bits per heavy atom. The van der Waals surface area contributed by atoms with Crippen LogP contribution in [0.25, 0.3) is 0 Å². The number of hydrogen-bond donors (Lipinski definition) is 2. The lowest BCUT2D eigenvalue weighted by atomic mass is 10.2. The minimum atomic E-state index is -0.0222. The van der Waals surface area contributed by atoms with Crippen molar-refractivity contribution in [1.82, 2.24) is 5.32 Å². The third kappa shape index (κ3) is 3.90. The number of amides is 1. The van der Waals surface area contributed by atoms with Gasteiger partial charge in [-0.1, -0.05) is 12.1 Å². The minimum absolute atomic E-state index is 0. The van der Waals surface area contributed by atoms with Crippen LogP contribution >= 0.6 is 24.2 Å². The zero-order valence-corrected chi connectivity index (χ0v) is 12.0. The predicted octanol–water partition coefficient (Wildman–Crippen LogP) is 2.30. The van der Waals surface area contributed by atoms with Gasteiger partial charge in [0, 0.05) is 17.5 Å². The first kappa shape index (κ1) is 15.3. The fraction of sp³-hybridized carbons (Fsp3) is 0.462. The Hall–Kier alpha value is -0.710. The second-order valence-corrected chi connectivity index (χ2v) is 5.26. The summed E-state index contributed by atoms with van der Waals surface area (Å²) in [6, 6.07) is 7.75. The second-order valence-electron chi connectivity index (χ2n) is 4.41. The first-order valence-electron chi connectivity index (χ1n) is 5.89. The molecule has 0 saturated heterocycles. The predicted molar refractivity (Wildman–Crippen MR) is 78.5 cm³/mol. The molecule has 2 rings (SSSR count). The summed E-state index contributed by atoms with van der Waals surface area (Å²) in [4.78, 5) is 13.0. The number of halogens is 1. The van der Waals surface area contributed by atoms with Crippen molar-refractivity contribution in [2.45, 2.75) is 23.8 Å². The zero-order valence-electron chi connectivity index (χ0n) is 10.4. The molecule has 5 heteroatoms. The molecule has 0 spiro atoms. The summed E-state index contributed by atoms with van der Waals surface area (Å²) in [7, 11) is 0. The van der Waals surface area contributed by atoms with Gasteiger partial charge >= 0.3 is 0 Å². The van der Waals surface area contributed by atoms with E-state index in [0.717, 1.165) is 10.5 Å². The molecule has 0 heterocycles. The summed E-state index contributed by atoms with van der Waals surface area (Å²) >= 11 is 1.58. The molecule has 1 aromatic carbocycles. The Balaban J connectivity index is 0.00000162. The van der Waals surface area contributed by atoms with Gasteiger partial charge in [-0.05, 0) is 37.1 Å². The number of hydrogen-bond acceptors (Lipinski definition) is 3. The van der Waals surface area contributed by atoms with E-state index in [-0.39, 0.29) is 24.4 Å². The van der Waals surface area contributed by atoms with Gasteiger partial charge < -0.3 is 11.1 Å². The fourth-order valence-corrected chi connectivity index (χ4v) is 2.42. The highest BCUT2D eigenvalue weighted by molar-refractivity contribution is 7.98. The van der Waals surface area contributed by atoms with Crippen LogP contribution in [0.3, 0.4) is 0 Å². The van der Waals surface area contributed by atoms with E-state index in [1.54, 1.807) is 11.8 Å². The lowest BCUT2D eigenvalue weighted by Gasteiger charge is -2.12. The highest BCUT2D eigenvalue weighted by Gasteiger charge is 2.28. The number of thioether (sulfide) groups is 1. The van der Waals surface area contributed by atoms with Crippen molar-refractivity contribution < 1.29 is 4.79 Å². The molecule has 0 aliphatic heterocycles. The number of carbonyl (C=O) groups is 1. The zero-order chi connectivity index (χ0) is 12.3. The van der Waals surface area contributed by atoms with Gasteiger partial charge in [0.05, 0.1) is 5.56 Å². The van der Waals surface area contributed by atoms with E-state index in [0.29, 0.717) is 12.5 Å². The van der Waals surface area contributed by atoms with E-state index in [1.807, 2.05) is 30.5 Å². The summed E-state index contributed by atoms with van der Waals surface area (Å²) in [5.74, 6) is 0.595. The van der Waals surface area contributed by atoms with Crippen molar-refractivity contribution in [2.75, 3.05) is 12.8 Å². The van der Waals surface area contributed by atoms with Crippen LogP contribution in [0.5, 0.6) is 0 Å². The Kier molecular flexibility index (Phi) is 5.99. The van der Waals surface area contributed by atoms with Crippen molar-refractivity contribution in [3.05, 3.63) is 29.8 Å². The molecule has 3 N–H and O–H groups in total. The quantitative estimate of drug-likeness (QED) is 0.817. The van der Waals surface area contributed by atoms with Crippen LogP contribution in [0, 0.1) is 5.92 Å². The highest BCUT2D eigenvalue weighted by Crippen LogP contribution is 2.31. The van der Waals surface area contributed by atoms with Crippen molar-refractivity contribution in [3.8, 4) is 0 Å². The van der Waals surface area contributed by atoms with Gasteiger partial charge in [0.2, 0.25) is 0 Å². The molecule has 1 fully saturated rings. The van der Waals surface area contributed by atoms with Crippen molar-refractivity contribution in [3.63, 3.8) is 0 Å². The lowest BCUT2D eigenvalue weighted by molar-refractivity contribution is 0.0947. The van der Waals surface area contributed by atoms with Gasteiger partial charge in [-0.3, -0.25) is 4.79 Å². The monoisotopic (exact) mass is 286 g/mol. The summed E-state index contributed by atoms with van der Waals surface area (Å²) in [5, 5.41) is 2.92. The maximum absolute atomic E-state index is 12.0. The number of rotatable bonds is 5. The van der Waals surface area contributed by atoms with E-state index in [1.165, 1.54) is 12.8 Å². The van der Waals surface area contributed by atoms with Crippen LogP contribution in [0.4, 0.5) is 0 Å². The molecule has 1 atom stereocenters. The largest absolute Gasteiger partial charge is 0.350 e. The summed E-state index contributed by atoms with van der Waals surface area (Å²) < 4.78 is 0. The van der Waals surface area contributed by atoms with E-state index in [2.05, 4.69) is 5.32 Å². The summed E-state index contributed by atoms with van der Waals surface area (Å²) in [6.45, 7) is 0.576. The van der Waals surface area contributed by atoms with Gasteiger partial charge in [0.25, 0.3) is 5.91 Å². The molecule has 0 aromatic heterocycles. The molecule has 3 nitrogen and oxygen atoms in total. The summed E-state index contributed by atoms with van der Waals surface area (Å²) in [5.41, 5.74) is 6.69. The van der Waals surface area contributed by atoms with E-state index >= 15 is 0 Å². The third-order valence-electron chi connectivity index (χ3n) is 3.08. The smallest absolute Gasteiger partial charge is 0.252 e. The molecule has 1 unspecified atom stereocenters. The minimum Gasteiger partial charge on any atom is -0.350 e. The van der Waals surface area contributed by atoms with Crippen LogP contribution in [-0.2, 0) is 0 Å². The standard InChI is InChI=1S/C13H18N2OS.ClH/c1-17-12-5-3-2-4-10(12)13(16)15-8-11(14)9-6-7-9;/h2-5,9,11H,6-8,14H2,1H3,(H,15,16);1H. The Bertz CT molecular complexity index is 410. The van der Waals surface area contributed by atoms with Crippen molar-refractivity contribution >= 4 is 30.1 Å². The van der Waals surface area contributed by atoms with E-state index in [9.17, 15) is 4.79 Å². The Labute approximate surface area is 118 Å². The maximum Gasteiger partial charge on any atom is 0.252 e.